The highest BCUT2D eigenvalue weighted by Crippen LogP contribution is 2.25. The summed E-state index contributed by atoms with van der Waals surface area (Å²) in [5, 5.41) is 2.17. The molecule has 3 aromatic rings. The van der Waals surface area contributed by atoms with E-state index in [1.54, 1.807) is 0 Å². The van der Waals surface area contributed by atoms with Crippen molar-refractivity contribution < 1.29 is 9.53 Å². The van der Waals surface area contributed by atoms with Gasteiger partial charge in [-0.1, -0.05) is 48.5 Å². The molecule has 1 heterocycles. The molecule has 0 bridgehead atoms. The van der Waals surface area contributed by atoms with E-state index in [4.69, 9.17) is 16.3 Å². The minimum absolute atomic E-state index is 0.00345. The Hall–Kier alpha value is -2.36. The maximum atomic E-state index is 11.1. The van der Waals surface area contributed by atoms with Crippen molar-refractivity contribution in [3.8, 4) is 5.75 Å². The first-order valence-electron chi connectivity index (χ1n) is 9.78. The fraction of sp³-hybridized carbons (Fsp3) is 0.292. The van der Waals surface area contributed by atoms with Crippen LogP contribution in [0.3, 0.4) is 0 Å². The van der Waals surface area contributed by atoms with Crippen LogP contribution in [-0.2, 0) is 17.8 Å². The quantitative estimate of drug-likeness (QED) is 0.396. The van der Waals surface area contributed by atoms with Crippen LogP contribution < -0.4 is 4.74 Å². The van der Waals surface area contributed by atoms with Crippen LogP contribution in [0.5, 0.6) is 5.75 Å². The predicted octanol–water partition coefficient (Wildman–Crippen LogP) is 5.05. The van der Waals surface area contributed by atoms with Gasteiger partial charge in [0.15, 0.2) is 0 Å². The number of fused-ring (bicyclic) bond motifs is 1. The second-order valence-corrected chi connectivity index (χ2v) is 7.85. The molecule has 0 atom stereocenters. The van der Waals surface area contributed by atoms with Crippen molar-refractivity contribution in [1.82, 2.24) is 4.90 Å². The third-order valence-electron chi connectivity index (χ3n) is 5.28. The Kier molecular flexibility index (Phi) is 5.94. The predicted molar refractivity (Wildman–Crippen MR) is 114 cm³/mol. The van der Waals surface area contributed by atoms with E-state index >= 15 is 0 Å². The number of halogens is 1. The molecule has 144 valence electrons. The number of nitrogens with zero attached hydrogens (tertiary/aromatic N) is 1. The van der Waals surface area contributed by atoms with Gasteiger partial charge in [0.05, 0.1) is 12.5 Å². The number of carbonyl (C=O) groups is 1. The third kappa shape index (κ3) is 4.73. The molecule has 0 aliphatic carbocycles. The lowest BCUT2D eigenvalue weighted by atomic mass is 10.00. The lowest BCUT2D eigenvalue weighted by Crippen LogP contribution is -2.48. The Morgan fingerprint density at radius 1 is 0.964 bits per heavy atom. The van der Waals surface area contributed by atoms with Crippen molar-refractivity contribution in [2.24, 2.45) is 5.92 Å². The van der Waals surface area contributed by atoms with Crippen LogP contribution >= 0.6 is 11.6 Å². The normalized spacial score (nSPS) is 14.8. The van der Waals surface area contributed by atoms with E-state index in [-0.39, 0.29) is 11.2 Å². The van der Waals surface area contributed by atoms with Crippen molar-refractivity contribution in [2.45, 2.75) is 19.4 Å². The summed E-state index contributed by atoms with van der Waals surface area (Å²) in [6.45, 7) is 3.09. The van der Waals surface area contributed by atoms with Crippen molar-refractivity contribution in [3.05, 3.63) is 77.9 Å². The van der Waals surface area contributed by atoms with Gasteiger partial charge < -0.3 is 4.74 Å². The summed E-state index contributed by atoms with van der Waals surface area (Å²) >= 11 is 5.54. The zero-order chi connectivity index (χ0) is 19.3. The fourth-order valence-corrected chi connectivity index (χ4v) is 3.81. The van der Waals surface area contributed by atoms with Gasteiger partial charge in [0, 0.05) is 19.6 Å². The minimum atomic E-state index is -0.217. The minimum Gasteiger partial charge on any atom is -0.494 e. The van der Waals surface area contributed by atoms with Crippen molar-refractivity contribution in [1.29, 1.82) is 0 Å². The first-order chi connectivity index (χ1) is 13.7. The summed E-state index contributed by atoms with van der Waals surface area (Å²) < 4.78 is 5.94. The van der Waals surface area contributed by atoms with Gasteiger partial charge in [0.1, 0.15) is 5.75 Å². The van der Waals surface area contributed by atoms with E-state index in [1.807, 2.05) is 12.1 Å². The highest BCUT2D eigenvalue weighted by atomic mass is 35.5. The Morgan fingerprint density at radius 3 is 2.50 bits per heavy atom. The first kappa shape index (κ1) is 19.0. The zero-order valence-electron chi connectivity index (χ0n) is 15.8. The molecule has 4 rings (SSSR count). The summed E-state index contributed by atoms with van der Waals surface area (Å²) in [5.74, 6) is 0.920. The first-order valence-corrected chi connectivity index (χ1v) is 10.2. The van der Waals surface area contributed by atoms with Gasteiger partial charge >= 0.3 is 0 Å². The van der Waals surface area contributed by atoms with Gasteiger partial charge in [-0.2, -0.15) is 0 Å². The molecular formula is C24H24ClNO2. The van der Waals surface area contributed by atoms with Crippen molar-refractivity contribution in [3.63, 3.8) is 0 Å². The van der Waals surface area contributed by atoms with Gasteiger partial charge in [-0.05, 0) is 64.5 Å². The fourth-order valence-electron chi connectivity index (χ4n) is 3.67. The number of hydrogen-bond acceptors (Lipinski definition) is 3. The lowest BCUT2D eigenvalue weighted by molar-refractivity contribution is -0.120. The molecule has 0 spiro atoms. The zero-order valence-corrected chi connectivity index (χ0v) is 16.6. The second-order valence-electron chi connectivity index (χ2n) is 7.48. The number of likely N-dealkylation sites (tertiary alicyclic amines) is 1. The average molecular weight is 394 g/mol. The van der Waals surface area contributed by atoms with Crippen molar-refractivity contribution >= 4 is 27.6 Å². The summed E-state index contributed by atoms with van der Waals surface area (Å²) in [4.78, 5) is 13.4. The van der Waals surface area contributed by atoms with Gasteiger partial charge in [-0.3, -0.25) is 9.69 Å². The molecule has 28 heavy (non-hydrogen) atoms. The van der Waals surface area contributed by atoms with Crippen LogP contribution in [0.4, 0.5) is 0 Å². The maximum Gasteiger partial charge on any atom is 0.227 e. The molecule has 3 aromatic carbocycles. The van der Waals surface area contributed by atoms with Crippen LogP contribution in [0.15, 0.2) is 66.7 Å². The maximum absolute atomic E-state index is 11.1. The standard InChI is InChI=1S/C24H24ClNO2/c25-24(27)22-16-26(17-22)15-19-8-9-21-14-23(11-10-20(21)13-19)28-12-4-7-18-5-2-1-3-6-18/h1-3,5-6,8-11,13-14,22H,4,7,12,15-17H2. The molecule has 1 saturated heterocycles. The van der Waals surface area contributed by atoms with Crippen molar-refractivity contribution in [2.75, 3.05) is 19.7 Å². The number of hydrogen-bond donors (Lipinski definition) is 0. The number of ether oxygens (including phenoxy) is 1. The average Bonchev–Trinajstić information content (AvgIpc) is 2.68. The Labute approximate surface area is 170 Å². The van der Waals surface area contributed by atoms with E-state index in [1.165, 1.54) is 21.9 Å². The molecule has 1 aliphatic heterocycles. The Balaban J connectivity index is 1.30. The molecular weight excluding hydrogens is 370 g/mol. The number of carbonyl (C=O) groups excluding carboxylic acids is 1. The number of aryl methyl sites for hydroxylation is 1. The molecule has 0 N–H and O–H groups in total. The van der Waals surface area contributed by atoms with Crippen LogP contribution in [0.1, 0.15) is 17.5 Å². The van der Waals surface area contributed by atoms with Gasteiger partial charge in [0.25, 0.3) is 0 Å². The summed E-state index contributed by atoms with van der Waals surface area (Å²) in [7, 11) is 0. The molecule has 0 radical (unpaired) electrons. The monoisotopic (exact) mass is 393 g/mol. The second kappa shape index (κ2) is 8.76. The van der Waals surface area contributed by atoms with E-state index in [0.29, 0.717) is 6.61 Å². The van der Waals surface area contributed by atoms with Crippen LogP contribution in [-0.4, -0.2) is 29.8 Å². The third-order valence-corrected chi connectivity index (χ3v) is 5.59. The van der Waals surface area contributed by atoms with E-state index in [9.17, 15) is 4.79 Å². The van der Waals surface area contributed by atoms with Crippen LogP contribution in [0, 0.1) is 5.92 Å². The Morgan fingerprint density at radius 2 is 1.71 bits per heavy atom. The van der Waals surface area contributed by atoms with E-state index in [0.717, 1.165) is 38.2 Å². The molecule has 4 heteroatoms. The molecule has 0 saturated carbocycles. The molecule has 0 amide bonds. The molecule has 3 nitrogen and oxygen atoms in total. The van der Waals surface area contributed by atoms with Gasteiger partial charge in [-0.15, -0.1) is 0 Å². The Bertz CT molecular complexity index is 951. The summed E-state index contributed by atoms with van der Waals surface area (Å²) in [6, 6.07) is 23.3. The lowest BCUT2D eigenvalue weighted by Gasteiger charge is -2.37. The highest BCUT2D eigenvalue weighted by molar-refractivity contribution is 6.64. The largest absolute Gasteiger partial charge is 0.494 e. The SMILES string of the molecule is O=C(Cl)C1CN(Cc2ccc3cc(OCCCc4ccccc4)ccc3c2)C1. The summed E-state index contributed by atoms with van der Waals surface area (Å²) in [6.07, 6.45) is 2.03. The van der Waals surface area contributed by atoms with Gasteiger partial charge in [-0.25, -0.2) is 0 Å². The number of benzene rings is 3. The van der Waals surface area contributed by atoms with Gasteiger partial charge in [0.2, 0.25) is 5.24 Å². The van der Waals surface area contributed by atoms with E-state index < -0.39 is 0 Å². The molecule has 1 fully saturated rings. The van der Waals surface area contributed by atoms with Crippen LogP contribution in [0.25, 0.3) is 10.8 Å². The van der Waals surface area contributed by atoms with Crippen LogP contribution in [0.2, 0.25) is 0 Å². The molecule has 1 aliphatic rings. The smallest absolute Gasteiger partial charge is 0.227 e. The molecule has 0 unspecified atom stereocenters. The van der Waals surface area contributed by atoms with E-state index in [2.05, 4.69) is 59.5 Å². The number of rotatable bonds is 8. The molecule has 0 aromatic heterocycles. The highest BCUT2D eigenvalue weighted by Gasteiger charge is 2.31. The summed E-state index contributed by atoms with van der Waals surface area (Å²) in [5.41, 5.74) is 2.60. The topological polar surface area (TPSA) is 29.5 Å².